The fraction of sp³-hybridized carbons (Fsp3) is 0.545. The molecule has 1 aromatic carbocycles. The van der Waals surface area contributed by atoms with Gasteiger partial charge in [0, 0.05) is 11.8 Å². The summed E-state index contributed by atoms with van der Waals surface area (Å²) in [5.74, 6) is 1.27. The van der Waals surface area contributed by atoms with Gasteiger partial charge in [-0.25, -0.2) is 0 Å². The average molecular weight is 409 g/mol. The van der Waals surface area contributed by atoms with Crippen LogP contribution in [0.5, 0.6) is 0 Å². The van der Waals surface area contributed by atoms with E-state index in [0.717, 1.165) is 31.2 Å². The molecule has 1 aliphatic heterocycles. The minimum absolute atomic E-state index is 0.367. The molecule has 0 radical (unpaired) electrons. The zero-order chi connectivity index (χ0) is 19.9. The summed E-state index contributed by atoms with van der Waals surface area (Å²) in [4.78, 5) is 0. The summed E-state index contributed by atoms with van der Waals surface area (Å²) in [6.07, 6.45) is 8.08. The van der Waals surface area contributed by atoms with Crippen molar-refractivity contribution in [1.29, 1.82) is 0 Å². The molecule has 1 heterocycles. The van der Waals surface area contributed by atoms with Gasteiger partial charge in [-0.1, -0.05) is 42.5 Å². The van der Waals surface area contributed by atoms with Gasteiger partial charge in [0.2, 0.25) is 0 Å². The van der Waals surface area contributed by atoms with Crippen LogP contribution in [0.1, 0.15) is 58.9 Å². The van der Waals surface area contributed by atoms with E-state index in [4.69, 9.17) is 32.5 Å². The highest BCUT2D eigenvalue weighted by Gasteiger charge is 2.52. The first-order chi connectivity index (χ1) is 12.8. The van der Waals surface area contributed by atoms with Crippen LogP contribution in [0, 0.1) is 0 Å². The maximum absolute atomic E-state index is 6.36. The molecule has 0 N–H and O–H groups in total. The predicted octanol–water partition coefficient (Wildman–Crippen LogP) is 6.67. The van der Waals surface area contributed by atoms with E-state index in [9.17, 15) is 0 Å². The fourth-order valence-corrected chi connectivity index (χ4v) is 3.28. The summed E-state index contributed by atoms with van der Waals surface area (Å²) in [5, 5.41) is 0. The van der Waals surface area contributed by atoms with E-state index in [1.165, 1.54) is 11.1 Å². The van der Waals surface area contributed by atoms with Crippen molar-refractivity contribution < 1.29 is 9.31 Å². The molecule has 148 valence electrons. The zero-order valence-electron chi connectivity index (χ0n) is 16.9. The minimum atomic E-state index is -0.379. The molecule has 0 saturated carbocycles. The van der Waals surface area contributed by atoms with Crippen LogP contribution in [0.3, 0.4) is 0 Å². The Morgan fingerprint density at radius 1 is 0.963 bits per heavy atom. The maximum Gasteiger partial charge on any atom is 0.494 e. The maximum atomic E-state index is 6.36. The van der Waals surface area contributed by atoms with Gasteiger partial charge < -0.3 is 9.31 Å². The topological polar surface area (TPSA) is 18.5 Å². The molecular weight excluding hydrogens is 378 g/mol. The highest BCUT2D eigenvalue weighted by atomic mass is 35.5. The monoisotopic (exact) mass is 408 g/mol. The van der Waals surface area contributed by atoms with Crippen molar-refractivity contribution in [1.82, 2.24) is 0 Å². The summed E-state index contributed by atoms with van der Waals surface area (Å²) in [6, 6.07) is 10.4. The number of unbranched alkanes of at least 4 members (excludes halogenated alkanes) is 1. The van der Waals surface area contributed by atoms with Crippen molar-refractivity contribution in [3.05, 3.63) is 53.0 Å². The van der Waals surface area contributed by atoms with Gasteiger partial charge in [-0.3, -0.25) is 0 Å². The van der Waals surface area contributed by atoms with Gasteiger partial charge in [0.25, 0.3) is 0 Å². The Kier molecular flexibility index (Phi) is 8.49. The Morgan fingerprint density at radius 2 is 1.56 bits per heavy atom. The van der Waals surface area contributed by atoms with E-state index in [-0.39, 0.29) is 18.3 Å². The van der Waals surface area contributed by atoms with Crippen molar-refractivity contribution in [2.75, 3.05) is 11.8 Å². The second kappa shape index (κ2) is 10.2. The van der Waals surface area contributed by atoms with Crippen LogP contribution in [0.2, 0.25) is 0 Å². The van der Waals surface area contributed by atoms with Gasteiger partial charge in [-0.05, 0) is 70.0 Å². The van der Waals surface area contributed by atoms with Crippen molar-refractivity contribution in [3.63, 3.8) is 0 Å². The van der Waals surface area contributed by atoms with E-state index in [0.29, 0.717) is 11.8 Å². The summed E-state index contributed by atoms with van der Waals surface area (Å²) in [6.45, 7) is 8.34. The Hall–Kier alpha value is -0.735. The number of alkyl halides is 2. The molecular formula is C22H31BCl2O2. The Balaban J connectivity index is 2.39. The first-order valence-corrected chi connectivity index (χ1v) is 10.8. The van der Waals surface area contributed by atoms with Gasteiger partial charge in [0.05, 0.1) is 11.2 Å². The van der Waals surface area contributed by atoms with Crippen LogP contribution in [0.4, 0.5) is 0 Å². The summed E-state index contributed by atoms with van der Waals surface area (Å²) >= 11 is 11.9. The van der Waals surface area contributed by atoms with Crippen molar-refractivity contribution in [3.8, 4) is 0 Å². The third-order valence-corrected chi connectivity index (χ3v) is 5.83. The minimum Gasteiger partial charge on any atom is -0.399 e. The molecule has 0 bridgehead atoms. The van der Waals surface area contributed by atoms with Gasteiger partial charge in [0.15, 0.2) is 0 Å². The predicted molar refractivity (Wildman–Crippen MR) is 118 cm³/mol. The van der Waals surface area contributed by atoms with E-state index in [1.54, 1.807) is 0 Å². The molecule has 2 nitrogen and oxygen atoms in total. The number of halogens is 2. The Morgan fingerprint density at radius 3 is 2.11 bits per heavy atom. The van der Waals surface area contributed by atoms with Crippen molar-refractivity contribution >= 4 is 36.4 Å². The second-order valence-electron chi connectivity index (χ2n) is 7.95. The van der Waals surface area contributed by atoms with Gasteiger partial charge in [-0.15, -0.1) is 23.2 Å². The third kappa shape index (κ3) is 6.12. The molecule has 1 fully saturated rings. The number of benzene rings is 1. The number of allylic oxidation sites excluding steroid dienone is 3. The van der Waals surface area contributed by atoms with E-state index in [2.05, 4.69) is 64.1 Å². The van der Waals surface area contributed by atoms with Gasteiger partial charge in [0.1, 0.15) is 0 Å². The van der Waals surface area contributed by atoms with Crippen LogP contribution < -0.4 is 0 Å². The Bertz CT molecular complexity index is 638. The second-order valence-corrected chi connectivity index (χ2v) is 8.71. The molecule has 0 amide bonds. The van der Waals surface area contributed by atoms with Crippen LogP contribution in [-0.4, -0.2) is 30.1 Å². The summed E-state index contributed by atoms with van der Waals surface area (Å²) < 4.78 is 12.7. The zero-order valence-corrected chi connectivity index (χ0v) is 18.4. The van der Waals surface area contributed by atoms with Gasteiger partial charge in [-0.2, -0.15) is 0 Å². The lowest BCUT2D eigenvalue weighted by atomic mass is 9.71. The number of hydrogen-bond donors (Lipinski definition) is 0. The largest absolute Gasteiger partial charge is 0.494 e. The van der Waals surface area contributed by atoms with Gasteiger partial charge >= 0.3 is 7.12 Å². The molecule has 0 aliphatic carbocycles. The number of rotatable bonds is 9. The molecule has 0 aromatic heterocycles. The summed E-state index contributed by atoms with van der Waals surface area (Å²) in [5.41, 5.74) is 2.76. The molecule has 1 aliphatic rings. The molecule has 2 rings (SSSR count). The van der Waals surface area contributed by atoms with E-state index in [1.807, 2.05) is 6.07 Å². The summed E-state index contributed by atoms with van der Waals surface area (Å²) in [7, 11) is -0.379. The molecule has 1 aromatic rings. The van der Waals surface area contributed by atoms with Crippen LogP contribution in [0.25, 0.3) is 6.08 Å². The SMILES string of the molecule is CC1(C)OB(C(=C\CCCCl)/C(=C\c2ccccc2)CCCCl)OC1(C)C. The standard InChI is InChI=1S/C22H31BCl2O2/c1-21(2)22(3,4)27-23(26-21)20(14-8-9-15-24)19(13-10-16-25)17-18-11-6-5-7-12-18/h5-7,11-12,14,17H,8-10,13,15-16H2,1-4H3/b19-17-,20-14-. The Labute approximate surface area is 175 Å². The van der Waals surface area contributed by atoms with Crippen LogP contribution in [0.15, 0.2) is 47.5 Å². The first-order valence-electron chi connectivity index (χ1n) is 9.74. The lowest BCUT2D eigenvalue weighted by molar-refractivity contribution is 0.00578. The lowest BCUT2D eigenvalue weighted by Crippen LogP contribution is -2.41. The molecule has 27 heavy (non-hydrogen) atoms. The van der Waals surface area contributed by atoms with Crippen LogP contribution in [-0.2, 0) is 9.31 Å². The highest BCUT2D eigenvalue weighted by molar-refractivity contribution is 6.56. The smallest absolute Gasteiger partial charge is 0.399 e. The normalized spacial score (nSPS) is 19.6. The van der Waals surface area contributed by atoms with E-state index >= 15 is 0 Å². The van der Waals surface area contributed by atoms with E-state index < -0.39 is 0 Å². The highest BCUT2D eigenvalue weighted by Crippen LogP contribution is 2.40. The molecule has 0 spiro atoms. The molecule has 5 heteroatoms. The molecule has 1 saturated heterocycles. The fourth-order valence-electron chi connectivity index (χ4n) is 2.99. The molecule has 0 atom stereocenters. The molecule has 0 unspecified atom stereocenters. The quantitative estimate of drug-likeness (QED) is 0.196. The van der Waals surface area contributed by atoms with Crippen LogP contribution >= 0.6 is 23.2 Å². The first kappa shape index (κ1) is 22.6. The third-order valence-electron chi connectivity index (χ3n) is 5.30. The van der Waals surface area contributed by atoms with Crippen molar-refractivity contribution in [2.45, 2.75) is 64.6 Å². The number of hydrogen-bond acceptors (Lipinski definition) is 2. The average Bonchev–Trinajstić information content (AvgIpc) is 2.84. The lowest BCUT2D eigenvalue weighted by Gasteiger charge is -2.32. The van der Waals surface area contributed by atoms with Crippen molar-refractivity contribution in [2.24, 2.45) is 0 Å².